The molecular formula is C5H11N2. The van der Waals surface area contributed by atoms with Gasteiger partial charge in [-0.2, -0.15) is 0 Å². The lowest BCUT2D eigenvalue weighted by Gasteiger charge is -2.01. The van der Waals surface area contributed by atoms with E-state index in [1.807, 2.05) is 0 Å². The van der Waals surface area contributed by atoms with Gasteiger partial charge in [0.15, 0.2) is 0 Å². The lowest BCUT2D eigenvalue weighted by Crippen LogP contribution is -2.25. The van der Waals surface area contributed by atoms with Crippen LogP contribution in [0.2, 0.25) is 0 Å². The maximum atomic E-state index is 6.94. The molecule has 0 bridgehead atoms. The molecule has 0 saturated carbocycles. The Morgan fingerprint density at radius 1 is 1.71 bits per heavy atom. The third-order valence-corrected chi connectivity index (χ3v) is 1.41. The summed E-state index contributed by atoms with van der Waals surface area (Å²) in [6.45, 7) is 1.68. The van der Waals surface area contributed by atoms with Crippen LogP contribution in [0.25, 0.3) is 0 Å². The molecule has 0 spiro atoms. The van der Waals surface area contributed by atoms with Gasteiger partial charge in [-0.05, 0) is 19.4 Å². The Morgan fingerprint density at radius 3 is 2.86 bits per heavy atom. The van der Waals surface area contributed by atoms with E-state index in [9.17, 15) is 0 Å². The highest BCUT2D eigenvalue weighted by atomic mass is 15.0. The second kappa shape index (κ2) is 2.28. The van der Waals surface area contributed by atoms with Crippen LogP contribution < -0.4 is 11.1 Å². The fourth-order valence-corrected chi connectivity index (χ4v) is 0.931. The fraction of sp³-hybridized carbons (Fsp3) is 1.00. The zero-order valence-corrected chi connectivity index (χ0v) is 4.41. The van der Waals surface area contributed by atoms with E-state index in [-0.39, 0.29) is 0 Å². The van der Waals surface area contributed by atoms with Gasteiger partial charge in [0.25, 0.3) is 0 Å². The minimum atomic E-state index is 0.514. The topological polar surface area (TPSA) is 35.8 Å². The molecule has 2 nitrogen and oxygen atoms in total. The summed E-state index contributed by atoms with van der Waals surface area (Å²) in [5, 5.41) is 3.22. The van der Waals surface area contributed by atoms with E-state index in [0.717, 1.165) is 6.54 Å². The van der Waals surface area contributed by atoms with Crippen molar-refractivity contribution < 1.29 is 0 Å². The first-order valence-corrected chi connectivity index (χ1v) is 2.81. The van der Waals surface area contributed by atoms with Crippen molar-refractivity contribution in [1.29, 1.82) is 0 Å². The Kier molecular flexibility index (Phi) is 1.65. The summed E-state index contributed by atoms with van der Waals surface area (Å²) >= 11 is 0. The van der Waals surface area contributed by atoms with Crippen molar-refractivity contribution in [3.05, 3.63) is 0 Å². The molecule has 2 heteroatoms. The first-order chi connectivity index (χ1) is 3.43. The molecule has 2 N–H and O–H groups in total. The maximum absolute atomic E-state index is 6.94. The molecule has 1 aliphatic rings. The van der Waals surface area contributed by atoms with Gasteiger partial charge in [0.05, 0.1) is 0 Å². The second-order valence-corrected chi connectivity index (χ2v) is 2.00. The standard InChI is InChI=1S/C5H11N2/c6-4-5-2-1-3-7-5/h5-7H,1-4H2/t5-/m0/s1. The van der Waals surface area contributed by atoms with E-state index >= 15 is 0 Å². The molecule has 1 aliphatic heterocycles. The smallest absolute Gasteiger partial charge is 0.0254 e. The van der Waals surface area contributed by atoms with Crippen molar-refractivity contribution in [3.63, 3.8) is 0 Å². The number of hydrogen-bond donors (Lipinski definition) is 1. The maximum Gasteiger partial charge on any atom is 0.0254 e. The summed E-state index contributed by atoms with van der Waals surface area (Å²) in [4.78, 5) is 0. The second-order valence-electron chi connectivity index (χ2n) is 2.00. The molecule has 1 fully saturated rings. The molecule has 1 rings (SSSR count). The molecular weight excluding hydrogens is 88.1 g/mol. The highest BCUT2D eigenvalue weighted by molar-refractivity contribution is 4.73. The Bertz CT molecular complexity index is 48.0. The van der Waals surface area contributed by atoms with Crippen LogP contribution in [0.4, 0.5) is 0 Å². The Labute approximate surface area is 44.1 Å². The molecule has 0 amide bonds. The van der Waals surface area contributed by atoms with E-state index in [1.165, 1.54) is 12.8 Å². The zero-order chi connectivity index (χ0) is 5.11. The van der Waals surface area contributed by atoms with E-state index in [0.29, 0.717) is 12.6 Å². The predicted molar refractivity (Wildman–Crippen MR) is 29.0 cm³/mol. The molecule has 1 radical (unpaired) electrons. The van der Waals surface area contributed by atoms with Gasteiger partial charge in [0.1, 0.15) is 0 Å². The van der Waals surface area contributed by atoms with Crippen LogP contribution in [-0.4, -0.2) is 19.1 Å². The molecule has 0 aliphatic carbocycles. The molecule has 1 saturated heterocycles. The van der Waals surface area contributed by atoms with Gasteiger partial charge in [0.2, 0.25) is 0 Å². The van der Waals surface area contributed by atoms with E-state index < -0.39 is 0 Å². The summed E-state index contributed by atoms with van der Waals surface area (Å²) in [5.41, 5.74) is 6.94. The lowest BCUT2D eigenvalue weighted by molar-refractivity contribution is 0.608. The molecule has 1 atom stereocenters. The van der Waals surface area contributed by atoms with Crippen LogP contribution in [0.5, 0.6) is 0 Å². The van der Waals surface area contributed by atoms with E-state index in [1.54, 1.807) is 0 Å². The summed E-state index contributed by atoms with van der Waals surface area (Å²) in [5.74, 6) is 0. The Hall–Kier alpha value is -0.0800. The van der Waals surface area contributed by atoms with Crippen LogP contribution in [-0.2, 0) is 0 Å². The number of nitrogens with one attached hydrogen (secondary N) is 2. The van der Waals surface area contributed by atoms with Gasteiger partial charge < -0.3 is 5.32 Å². The fourth-order valence-electron chi connectivity index (χ4n) is 0.931. The summed E-state index contributed by atoms with van der Waals surface area (Å²) < 4.78 is 0. The Morgan fingerprint density at radius 2 is 2.57 bits per heavy atom. The van der Waals surface area contributed by atoms with Crippen molar-refractivity contribution in [2.45, 2.75) is 18.9 Å². The average molecular weight is 99.2 g/mol. The van der Waals surface area contributed by atoms with Crippen LogP contribution in [0.15, 0.2) is 0 Å². The SMILES string of the molecule is [NH]C[C@@H]1CCCN1. The van der Waals surface area contributed by atoms with Crippen molar-refractivity contribution in [2.24, 2.45) is 0 Å². The largest absolute Gasteiger partial charge is 0.313 e. The quantitative estimate of drug-likeness (QED) is 0.494. The van der Waals surface area contributed by atoms with Gasteiger partial charge in [-0.15, -0.1) is 0 Å². The van der Waals surface area contributed by atoms with Crippen LogP contribution in [0, 0.1) is 0 Å². The van der Waals surface area contributed by atoms with Crippen molar-refractivity contribution in [3.8, 4) is 0 Å². The number of rotatable bonds is 1. The van der Waals surface area contributed by atoms with E-state index in [4.69, 9.17) is 5.73 Å². The van der Waals surface area contributed by atoms with Crippen molar-refractivity contribution in [1.82, 2.24) is 11.1 Å². The van der Waals surface area contributed by atoms with Crippen molar-refractivity contribution >= 4 is 0 Å². The van der Waals surface area contributed by atoms with Crippen LogP contribution in [0.3, 0.4) is 0 Å². The molecule has 0 aromatic carbocycles. The molecule has 7 heavy (non-hydrogen) atoms. The highest BCUT2D eigenvalue weighted by Crippen LogP contribution is 2.01. The summed E-state index contributed by atoms with van der Waals surface area (Å²) in [6.07, 6.45) is 2.48. The van der Waals surface area contributed by atoms with E-state index in [2.05, 4.69) is 5.32 Å². The molecule has 0 unspecified atom stereocenters. The monoisotopic (exact) mass is 99.1 g/mol. The molecule has 41 valence electrons. The summed E-state index contributed by atoms with van der Waals surface area (Å²) in [6, 6.07) is 0.514. The van der Waals surface area contributed by atoms with Gasteiger partial charge in [-0.25, -0.2) is 0 Å². The summed E-state index contributed by atoms with van der Waals surface area (Å²) in [7, 11) is 0. The first-order valence-electron chi connectivity index (χ1n) is 2.81. The molecule has 1 heterocycles. The molecule has 0 aromatic rings. The number of hydrogen-bond acceptors (Lipinski definition) is 1. The van der Waals surface area contributed by atoms with Gasteiger partial charge >= 0.3 is 0 Å². The van der Waals surface area contributed by atoms with Gasteiger partial charge in [-0.1, -0.05) is 0 Å². The normalized spacial score (nSPS) is 31.3. The lowest BCUT2D eigenvalue weighted by atomic mass is 10.2. The van der Waals surface area contributed by atoms with Crippen molar-refractivity contribution in [2.75, 3.05) is 13.1 Å². The minimum Gasteiger partial charge on any atom is -0.313 e. The van der Waals surface area contributed by atoms with Crippen LogP contribution in [0.1, 0.15) is 12.8 Å². The molecule has 0 aromatic heterocycles. The van der Waals surface area contributed by atoms with Gasteiger partial charge in [0, 0.05) is 12.6 Å². The average Bonchev–Trinajstić information content (AvgIpc) is 2.14. The predicted octanol–water partition coefficient (Wildman–Crippen LogP) is 0.0213. The van der Waals surface area contributed by atoms with Gasteiger partial charge in [-0.3, -0.25) is 5.73 Å². The third kappa shape index (κ3) is 1.14. The third-order valence-electron chi connectivity index (χ3n) is 1.41. The zero-order valence-electron chi connectivity index (χ0n) is 4.41. The highest BCUT2D eigenvalue weighted by Gasteiger charge is 2.10. The minimum absolute atomic E-state index is 0.514. The first kappa shape index (κ1) is 5.06. The Balaban J connectivity index is 2.14. The van der Waals surface area contributed by atoms with Crippen LogP contribution >= 0.6 is 0 Å².